The van der Waals surface area contributed by atoms with Gasteiger partial charge in [-0.3, -0.25) is 9.67 Å². The standard InChI is InChI=1S/C10H14N4OS/c1-6-5-7(13-15-6)8-11-12-9(16)14(8)10(2,3)4/h5H,1-4H3,(H,12,16). The second kappa shape index (κ2) is 3.55. The van der Waals surface area contributed by atoms with Gasteiger partial charge >= 0.3 is 0 Å². The molecule has 2 aromatic heterocycles. The van der Waals surface area contributed by atoms with Gasteiger partial charge in [-0.2, -0.15) is 5.10 Å². The van der Waals surface area contributed by atoms with Crippen LogP contribution >= 0.6 is 12.2 Å². The van der Waals surface area contributed by atoms with Crippen molar-refractivity contribution in [1.82, 2.24) is 19.9 Å². The quantitative estimate of drug-likeness (QED) is 0.776. The first-order chi connectivity index (χ1) is 7.39. The second-order valence-electron chi connectivity index (χ2n) is 4.68. The molecule has 0 radical (unpaired) electrons. The maximum atomic E-state index is 5.21. The molecular formula is C10H14N4OS. The van der Waals surface area contributed by atoms with Crippen LogP contribution in [0.4, 0.5) is 0 Å². The summed E-state index contributed by atoms with van der Waals surface area (Å²) in [5, 5.41) is 10.9. The normalized spacial score (nSPS) is 12.0. The van der Waals surface area contributed by atoms with Gasteiger partial charge in [0.05, 0.1) is 0 Å². The number of nitrogens with zero attached hydrogens (tertiary/aromatic N) is 3. The smallest absolute Gasteiger partial charge is 0.195 e. The van der Waals surface area contributed by atoms with E-state index in [-0.39, 0.29) is 5.54 Å². The Morgan fingerprint density at radius 3 is 2.62 bits per heavy atom. The minimum absolute atomic E-state index is 0.147. The number of rotatable bonds is 1. The number of hydrogen-bond acceptors (Lipinski definition) is 4. The van der Waals surface area contributed by atoms with Crippen molar-refractivity contribution in [3.8, 4) is 11.5 Å². The zero-order valence-electron chi connectivity index (χ0n) is 9.74. The third-order valence-electron chi connectivity index (χ3n) is 2.20. The largest absolute Gasteiger partial charge is 0.361 e. The molecule has 0 saturated heterocycles. The van der Waals surface area contributed by atoms with E-state index in [1.165, 1.54) is 0 Å². The molecule has 0 aliphatic carbocycles. The minimum atomic E-state index is -0.147. The zero-order chi connectivity index (χ0) is 11.9. The van der Waals surface area contributed by atoms with Crippen LogP contribution in [0, 0.1) is 11.7 Å². The number of aromatic nitrogens is 4. The molecule has 5 nitrogen and oxygen atoms in total. The van der Waals surface area contributed by atoms with Crippen LogP contribution < -0.4 is 0 Å². The van der Waals surface area contributed by atoms with Crippen molar-refractivity contribution in [2.75, 3.05) is 0 Å². The maximum absolute atomic E-state index is 5.21. The lowest BCUT2D eigenvalue weighted by Gasteiger charge is -2.21. The van der Waals surface area contributed by atoms with Gasteiger partial charge in [-0.25, -0.2) is 0 Å². The molecule has 86 valence electrons. The molecule has 0 atom stereocenters. The zero-order valence-corrected chi connectivity index (χ0v) is 10.6. The van der Waals surface area contributed by atoms with Gasteiger partial charge in [0.25, 0.3) is 0 Å². The Bertz CT molecular complexity index is 558. The molecule has 0 aromatic carbocycles. The van der Waals surface area contributed by atoms with Crippen LogP contribution in [0.25, 0.3) is 11.5 Å². The molecule has 1 N–H and O–H groups in total. The molecule has 0 aliphatic heterocycles. The first-order valence-corrected chi connectivity index (χ1v) is 5.42. The summed E-state index contributed by atoms with van der Waals surface area (Å²) in [6.07, 6.45) is 0. The van der Waals surface area contributed by atoms with Crippen LogP contribution in [-0.2, 0) is 5.54 Å². The van der Waals surface area contributed by atoms with Crippen molar-refractivity contribution in [2.24, 2.45) is 0 Å². The van der Waals surface area contributed by atoms with Crippen molar-refractivity contribution >= 4 is 12.2 Å². The van der Waals surface area contributed by atoms with E-state index in [4.69, 9.17) is 16.7 Å². The molecule has 0 saturated carbocycles. The van der Waals surface area contributed by atoms with Gasteiger partial charge in [0.2, 0.25) is 0 Å². The van der Waals surface area contributed by atoms with Gasteiger partial charge in [0.15, 0.2) is 16.3 Å². The highest BCUT2D eigenvalue weighted by Gasteiger charge is 2.22. The van der Waals surface area contributed by atoms with Crippen LogP contribution in [0.15, 0.2) is 10.6 Å². The maximum Gasteiger partial charge on any atom is 0.195 e. The second-order valence-corrected chi connectivity index (χ2v) is 5.07. The molecule has 0 fully saturated rings. The van der Waals surface area contributed by atoms with Gasteiger partial charge in [-0.05, 0) is 39.9 Å². The summed E-state index contributed by atoms with van der Waals surface area (Å²) in [7, 11) is 0. The fourth-order valence-electron chi connectivity index (χ4n) is 1.56. The molecule has 0 aliphatic rings. The number of hydrogen-bond donors (Lipinski definition) is 1. The fraction of sp³-hybridized carbons (Fsp3) is 0.500. The van der Waals surface area contributed by atoms with E-state index in [1.54, 1.807) is 0 Å². The lowest BCUT2D eigenvalue weighted by atomic mass is 10.1. The van der Waals surface area contributed by atoms with Crippen LogP contribution in [0.5, 0.6) is 0 Å². The van der Waals surface area contributed by atoms with Crippen molar-refractivity contribution in [1.29, 1.82) is 0 Å². The van der Waals surface area contributed by atoms with E-state index >= 15 is 0 Å². The van der Waals surface area contributed by atoms with Gasteiger partial charge in [-0.15, -0.1) is 0 Å². The van der Waals surface area contributed by atoms with E-state index in [0.717, 1.165) is 5.76 Å². The van der Waals surface area contributed by atoms with Crippen molar-refractivity contribution in [3.63, 3.8) is 0 Å². The van der Waals surface area contributed by atoms with E-state index in [0.29, 0.717) is 16.3 Å². The summed E-state index contributed by atoms with van der Waals surface area (Å²) in [5.74, 6) is 1.46. The molecule has 0 bridgehead atoms. The Balaban J connectivity index is 2.63. The van der Waals surface area contributed by atoms with E-state index in [9.17, 15) is 0 Å². The highest BCUT2D eigenvalue weighted by atomic mass is 32.1. The van der Waals surface area contributed by atoms with Crippen LogP contribution in [-0.4, -0.2) is 19.9 Å². The predicted molar refractivity (Wildman–Crippen MR) is 62.6 cm³/mol. The number of H-pyrrole nitrogens is 1. The first-order valence-electron chi connectivity index (χ1n) is 5.01. The topological polar surface area (TPSA) is 59.6 Å². The molecule has 0 unspecified atom stereocenters. The first kappa shape index (κ1) is 11.1. The third kappa shape index (κ3) is 1.80. The molecule has 2 heterocycles. The Labute approximate surface area is 98.5 Å². The summed E-state index contributed by atoms with van der Waals surface area (Å²) in [4.78, 5) is 0. The number of nitrogens with one attached hydrogen (secondary N) is 1. The van der Waals surface area contributed by atoms with E-state index < -0.39 is 0 Å². The third-order valence-corrected chi connectivity index (χ3v) is 2.47. The van der Waals surface area contributed by atoms with Gasteiger partial charge < -0.3 is 4.52 Å². The molecule has 2 aromatic rings. The monoisotopic (exact) mass is 238 g/mol. The average molecular weight is 238 g/mol. The predicted octanol–water partition coefficient (Wildman–Crippen LogP) is 2.66. The van der Waals surface area contributed by atoms with Crippen molar-refractivity contribution in [2.45, 2.75) is 33.2 Å². The lowest BCUT2D eigenvalue weighted by molar-refractivity contribution is 0.386. The summed E-state index contributed by atoms with van der Waals surface area (Å²) < 4.78 is 7.56. The molecule has 6 heteroatoms. The van der Waals surface area contributed by atoms with Crippen LogP contribution in [0.2, 0.25) is 0 Å². The number of aromatic amines is 1. The highest BCUT2D eigenvalue weighted by Crippen LogP contribution is 2.23. The summed E-state index contributed by atoms with van der Waals surface area (Å²) in [5.41, 5.74) is 0.548. The summed E-state index contributed by atoms with van der Waals surface area (Å²) >= 11 is 5.21. The Kier molecular flexibility index (Phi) is 2.46. The van der Waals surface area contributed by atoms with Gasteiger partial charge in [-0.1, -0.05) is 5.16 Å². The fourth-order valence-corrected chi connectivity index (χ4v) is 1.97. The molecule has 0 spiro atoms. The molecule has 2 rings (SSSR count). The van der Waals surface area contributed by atoms with E-state index in [1.807, 2.05) is 17.6 Å². The minimum Gasteiger partial charge on any atom is -0.361 e. The lowest BCUT2D eigenvalue weighted by Crippen LogP contribution is -2.23. The SMILES string of the molecule is Cc1cc(-c2n[nH]c(=S)n2C(C)(C)C)no1. The van der Waals surface area contributed by atoms with E-state index in [2.05, 4.69) is 36.1 Å². The summed E-state index contributed by atoms with van der Waals surface area (Å²) in [6, 6.07) is 1.84. The van der Waals surface area contributed by atoms with Gasteiger partial charge in [0, 0.05) is 11.6 Å². The van der Waals surface area contributed by atoms with Crippen molar-refractivity contribution < 1.29 is 4.52 Å². The Morgan fingerprint density at radius 2 is 2.12 bits per heavy atom. The van der Waals surface area contributed by atoms with Crippen LogP contribution in [0.3, 0.4) is 0 Å². The Hall–Kier alpha value is -1.43. The molecular weight excluding hydrogens is 224 g/mol. The molecule has 0 amide bonds. The van der Waals surface area contributed by atoms with Gasteiger partial charge in [0.1, 0.15) is 5.76 Å². The van der Waals surface area contributed by atoms with Crippen molar-refractivity contribution in [3.05, 3.63) is 16.6 Å². The van der Waals surface area contributed by atoms with Crippen LogP contribution in [0.1, 0.15) is 26.5 Å². The summed E-state index contributed by atoms with van der Waals surface area (Å²) in [6.45, 7) is 8.04. The molecule has 16 heavy (non-hydrogen) atoms. The number of aryl methyl sites for hydroxylation is 1. The average Bonchev–Trinajstić information content (AvgIpc) is 2.70. The Morgan fingerprint density at radius 1 is 1.44 bits per heavy atom. The highest BCUT2D eigenvalue weighted by molar-refractivity contribution is 7.71.